The van der Waals surface area contributed by atoms with Crippen LogP contribution in [0, 0.1) is 5.92 Å². The van der Waals surface area contributed by atoms with E-state index >= 15 is 0 Å². The Morgan fingerprint density at radius 2 is 2.06 bits per heavy atom. The molecule has 90 valence electrons. The van der Waals surface area contributed by atoms with Gasteiger partial charge in [-0.05, 0) is 26.2 Å². The van der Waals surface area contributed by atoms with Crippen LogP contribution in [0.25, 0.3) is 0 Å². The fourth-order valence-corrected chi connectivity index (χ4v) is 1.27. The molecule has 0 rings (SSSR count). The number of carboxylic acid groups (broad SMARTS) is 1. The highest BCUT2D eigenvalue weighted by atomic mass is 16.5. The standard InChI is InChI=1S/C12H18O4/c1-4-5-6-7-8-10(11(13)14)9(2)12(15)16-3/h4,8-9H,1,5-7H2,2-3H3,(H,13,14). The summed E-state index contributed by atoms with van der Waals surface area (Å²) in [4.78, 5) is 22.1. The van der Waals surface area contributed by atoms with Gasteiger partial charge in [-0.2, -0.15) is 0 Å². The van der Waals surface area contributed by atoms with Crippen LogP contribution in [0.15, 0.2) is 24.3 Å². The second kappa shape index (κ2) is 7.68. The monoisotopic (exact) mass is 226 g/mol. The lowest BCUT2D eigenvalue weighted by molar-refractivity contribution is -0.146. The zero-order valence-electron chi connectivity index (χ0n) is 9.73. The molecule has 4 nitrogen and oxygen atoms in total. The van der Waals surface area contributed by atoms with Crippen LogP contribution >= 0.6 is 0 Å². The molecular weight excluding hydrogens is 208 g/mol. The molecule has 0 aromatic heterocycles. The number of unbranched alkanes of at least 4 members (excludes halogenated alkanes) is 2. The van der Waals surface area contributed by atoms with Gasteiger partial charge in [0, 0.05) is 5.57 Å². The molecule has 0 aromatic rings. The van der Waals surface area contributed by atoms with E-state index in [1.165, 1.54) is 14.0 Å². The summed E-state index contributed by atoms with van der Waals surface area (Å²) in [5, 5.41) is 8.95. The molecule has 0 amide bonds. The Hall–Kier alpha value is -1.58. The first-order chi connectivity index (χ1) is 7.54. The summed E-state index contributed by atoms with van der Waals surface area (Å²) in [5.41, 5.74) is 0.0934. The molecule has 1 unspecified atom stereocenters. The Bertz CT molecular complexity index is 291. The van der Waals surface area contributed by atoms with Crippen molar-refractivity contribution in [1.82, 2.24) is 0 Å². The molecule has 0 aromatic carbocycles. The largest absolute Gasteiger partial charge is 0.478 e. The molecule has 0 fully saturated rings. The van der Waals surface area contributed by atoms with Crippen LogP contribution in [0.4, 0.5) is 0 Å². The second-order valence-corrected chi connectivity index (χ2v) is 3.43. The maximum absolute atomic E-state index is 11.2. The number of allylic oxidation sites excluding steroid dienone is 2. The first kappa shape index (κ1) is 14.4. The van der Waals surface area contributed by atoms with E-state index in [0.717, 1.165) is 12.8 Å². The van der Waals surface area contributed by atoms with Crippen LogP contribution in [0.5, 0.6) is 0 Å². The molecular formula is C12H18O4. The van der Waals surface area contributed by atoms with E-state index < -0.39 is 17.9 Å². The van der Waals surface area contributed by atoms with Crippen LogP contribution in [0.1, 0.15) is 26.2 Å². The predicted molar refractivity (Wildman–Crippen MR) is 60.9 cm³/mol. The van der Waals surface area contributed by atoms with Gasteiger partial charge in [0.2, 0.25) is 0 Å². The molecule has 0 bridgehead atoms. The number of aliphatic carboxylic acids is 1. The van der Waals surface area contributed by atoms with Crippen molar-refractivity contribution >= 4 is 11.9 Å². The van der Waals surface area contributed by atoms with Crippen molar-refractivity contribution in [2.45, 2.75) is 26.2 Å². The van der Waals surface area contributed by atoms with Crippen molar-refractivity contribution in [3.63, 3.8) is 0 Å². The highest BCUT2D eigenvalue weighted by Gasteiger charge is 2.23. The van der Waals surface area contributed by atoms with Crippen molar-refractivity contribution in [3.05, 3.63) is 24.3 Å². The normalized spacial score (nSPS) is 13.0. The Kier molecular flexibility index (Phi) is 6.92. The summed E-state index contributed by atoms with van der Waals surface area (Å²) in [6.45, 7) is 5.11. The molecule has 0 aliphatic heterocycles. The van der Waals surface area contributed by atoms with E-state index in [9.17, 15) is 9.59 Å². The first-order valence-electron chi connectivity index (χ1n) is 5.16. The Balaban J connectivity index is 4.53. The highest BCUT2D eigenvalue weighted by molar-refractivity contribution is 5.94. The van der Waals surface area contributed by atoms with E-state index in [2.05, 4.69) is 11.3 Å². The van der Waals surface area contributed by atoms with Gasteiger partial charge in [0.15, 0.2) is 0 Å². The summed E-state index contributed by atoms with van der Waals surface area (Å²) in [5.74, 6) is -2.33. The number of methoxy groups -OCH3 is 1. The van der Waals surface area contributed by atoms with Crippen molar-refractivity contribution in [3.8, 4) is 0 Å². The molecule has 0 aliphatic rings. The third kappa shape index (κ3) is 4.77. The van der Waals surface area contributed by atoms with E-state index in [0.29, 0.717) is 6.42 Å². The van der Waals surface area contributed by atoms with Gasteiger partial charge in [0.25, 0.3) is 0 Å². The number of carbonyl (C=O) groups excluding carboxylic acids is 1. The average Bonchev–Trinajstić information content (AvgIpc) is 2.26. The summed E-state index contributed by atoms with van der Waals surface area (Å²) in [7, 11) is 1.25. The summed E-state index contributed by atoms with van der Waals surface area (Å²) < 4.78 is 4.51. The molecule has 0 saturated carbocycles. The van der Waals surface area contributed by atoms with Gasteiger partial charge in [-0.1, -0.05) is 12.2 Å². The minimum absolute atomic E-state index is 0.0934. The topological polar surface area (TPSA) is 63.6 Å². The molecule has 0 heterocycles. The molecule has 4 heteroatoms. The smallest absolute Gasteiger partial charge is 0.332 e. The van der Waals surface area contributed by atoms with Gasteiger partial charge in [-0.15, -0.1) is 6.58 Å². The Labute approximate surface area is 95.6 Å². The molecule has 0 radical (unpaired) electrons. The number of hydrogen-bond donors (Lipinski definition) is 1. The maximum atomic E-state index is 11.2. The molecule has 0 aliphatic carbocycles. The molecule has 0 spiro atoms. The van der Waals surface area contributed by atoms with E-state index in [1.807, 2.05) is 0 Å². The number of hydrogen-bond acceptors (Lipinski definition) is 3. The van der Waals surface area contributed by atoms with Crippen LogP contribution in [0.3, 0.4) is 0 Å². The van der Waals surface area contributed by atoms with Gasteiger partial charge < -0.3 is 9.84 Å². The van der Waals surface area contributed by atoms with Gasteiger partial charge >= 0.3 is 11.9 Å². The maximum Gasteiger partial charge on any atom is 0.332 e. The van der Waals surface area contributed by atoms with Crippen LogP contribution in [-0.4, -0.2) is 24.2 Å². The van der Waals surface area contributed by atoms with Crippen molar-refractivity contribution in [2.75, 3.05) is 7.11 Å². The Morgan fingerprint density at radius 1 is 1.44 bits per heavy atom. The lowest BCUT2D eigenvalue weighted by atomic mass is 9.99. The molecule has 16 heavy (non-hydrogen) atoms. The zero-order chi connectivity index (χ0) is 12.6. The van der Waals surface area contributed by atoms with Gasteiger partial charge in [-0.3, -0.25) is 4.79 Å². The summed E-state index contributed by atoms with van der Waals surface area (Å²) in [6.07, 6.45) is 5.63. The van der Waals surface area contributed by atoms with Crippen molar-refractivity contribution < 1.29 is 19.4 Å². The van der Waals surface area contributed by atoms with Gasteiger partial charge in [-0.25, -0.2) is 4.79 Å². The fraction of sp³-hybridized carbons (Fsp3) is 0.500. The summed E-state index contributed by atoms with van der Waals surface area (Å²) >= 11 is 0. The van der Waals surface area contributed by atoms with Crippen LogP contribution in [0.2, 0.25) is 0 Å². The highest BCUT2D eigenvalue weighted by Crippen LogP contribution is 2.14. The minimum atomic E-state index is -1.07. The van der Waals surface area contributed by atoms with Gasteiger partial charge in [0.05, 0.1) is 13.0 Å². The number of carbonyl (C=O) groups is 2. The van der Waals surface area contributed by atoms with E-state index in [-0.39, 0.29) is 5.57 Å². The van der Waals surface area contributed by atoms with Gasteiger partial charge in [0.1, 0.15) is 0 Å². The van der Waals surface area contributed by atoms with Crippen LogP contribution in [-0.2, 0) is 14.3 Å². The molecule has 0 saturated heterocycles. The van der Waals surface area contributed by atoms with E-state index in [1.54, 1.807) is 12.2 Å². The number of rotatable bonds is 7. The van der Waals surface area contributed by atoms with Crippen LogP contribution < -0.4 is 0 Å². The number of esters is 1. The third-order valence-corrected chi connectivity index (χ3v) is 2.24. The van der Waals surface area contributed by atoms with Crippen molar-refractivity contribution in [1.29, 1.82) is 0 Å². The minimum Gasteiger partial charge on any atom is -0.478 e. The number of carboxylic acids is 1. The van der Waals surface area contributed by atoms with E-state index in [4.69, 9.17) is 5.11 Å². The molecule has 1 N–H and O–H groups in total. The summed E-state index contributed by atoms with van der Waals surface area (Å²) in [6, 6.07) is 0. The second-order valence-electron chi connectivity index (χ2n) is 3.43. The fourth-order valence-electron chi connectivity index (χ4n) is 1.27. The Morgan fingerprint density at radius 3 is 2.50 bits per heavy atom. The number of ether oxygens (including phenoxy) is 1. The lowest BCUT2D eigenvalue weighted by Gasteiger charge is -2.09. The zero-order valence-corrected chi connectivity index (χ0v) is 9.73. The average molecular weight is 226 g/mol. The predicted octanol–water partition coefficient (Wildman–Crippen LogP) is 2.16. The third-order valence-electron chi connectivity index (χ3n) is 2.24. The SMILES string of the molecule is C=CCCCC=C(C(=O)O)C(C)C(=O)OC. The molecule has 1 atom stereocenters. The van der Waals surface area contributed by atoms with Crippen molar-refractivity contribution in [2.24, 2.45) is 5.92 Å². The first-order valence-corrected chi connectivity index (χ1v) is 5.16. The quantitative estimate of drug-likeness (QED) is 0.313. The lowest BCUT2D eigenvalue weighted by Crippen LogP contribution is -2.20.